The first kappa shape index (κ1) is 14.1. The molecule has 7 heteroatoms. The van der Waals surface area contributed by atoms with Crippen molar-refractivity contribution in [2.75, 3.05) is 5.32 Å². The second-order valence-electron chi connectivity index (χ2n) is 4.05. The topological polar surface area (TPSA) is 85.1 Å². The van der Waals surface area contributed by atoms with Gasteiger partial charge in [-0.05, 0) is 40.5 Å². The molecule has 1 N–H and O–H groups in total. The van der Waals surface area contributed by atoms with Crippen LogP contribution in [0.25, 0.3) is 0 Å². The third-order valence-corrected chi connectivity index (χ3v) is 3.06. The highest BCUT2D eigenvalue weighted by Crippen LogP contribution is 2.21. The molecule has 0 bridgehead atoms. The third-order valence-electron chi connectivity index (χ3n) is 2.62. The maximum Gasteiger partial charge on any atom is 0.282 e. The summed E-state index contributed by atoms with van der Waals surface area (Å²) in [5.74, 6) is -0.188. The van der Waals surface area contributed by atoms with Crippen molar-refractivity contribution in [3.8, 4) is 0 Å². The van der Waals surface area contributed by atoms with E-state index in [2.05, 4.69) is 26.2 Å². The molecule has 0 saturated carbocycles. The zero-order valence-corrected chi connectivity index (χ0v) is 12.0. The summed E-state index contributed by atoms with van der Waals surface area (Å²) in [5.41, 5.74) is 0.521. The third kappa shape index (κ3) is 3.00. The SMILES string of the molecule is Cc1cc(Br)cnc1NC(=O)c1ccccc1[N+](=O)[O-]. The first-order valence-electron chi connectivity index (χ1n) is 5.66. The summed E-state index contributed by atoms with van der Waals surface area (Å²) in [6.45, 7) is 1.78. The molecular formula is C13H10BrN3O3. The molecule has 2 rings (SSSR count). The van der Waals surface area contributed by atoms with Crippen LogP contribution in [0.15, 0.2) is 41.0 Å². The minimum atomic E-state index is -0.587. The number of amides is 1. The smallest absolute Gasteiger partial charge is 0.282 e. The van der Waals surface area contributed by atoms with Crippen molar-refractivity contribution in [2.45, 2.75) is 6.92 Å². The Hall–Kier alpha value is -2.28. The van der Waals surface area contributed by atoms with Crippen molar-refractivity contribution in [3.05, 3.63) is 62.2 Å². The number of pyridine rings is 1. The zero-order chi connectivity index (χ0) is 14.7. The standard InChI is InChI=1S/C13H10BrN3O3/c1-8-6-9(14)7-15-12(8)16-13(18)10-4-2-3-5-11(10)17(19)20/h2-7H,1H3,(H,15,16,18). The Balaban J connectivity index is 2.31. The first-order chi connectivity index (χ1) is 9.49. The molecule has 0 aliphatic heterocycles. The Kier molecular flexibility index (Phi) is 4.09. The van der Waals surface area contributed by atoms with Gasteiger partial charge in [0.15, 0.2) is 0 Å². The van der Waals surface area contributed by atoms with E-state index in [0.29, 0.717) is 5.82 Å². The highest BCUT2D eigenvalue weighted by molar-refractivity contribution is 9.10. The van der Waals surface area contributed by atoms with E-state index in [1.165, 1.54) is 18.2 Å². The highest BCUT2D eigenvalue weighted by atomic mass is 79.9. The minimum absolute atomic E-state index is 0.00150. The summed E-state index contributed by atoms with van der Waals surface area (Å²) in [4.78, 5) is 26.5. The summed E-state index contributed by atoms with van der Waals surface area (Å²) >= 11 is 3.27. The molecule has 0 aliphatic carbocycles. The molecule has 0 aliphatic rings. The van der Waals surface area contributed by atoms with E-state index in [1.54, 1.807) is 25.3 Å². The highest BCUT2D eigenvalue weighted by Gasteiger charge is 2.19. The number of aryl methyl sites for hydroxylation is 1. The summed E-state index contributed by atoms with van der Waals surface area (Å²) in [6, 6.07) is 7.57. The molecule has 0 spiro atoms. The number of aromatic nitrogens is 1. The van der Waals surface area contributed by atoms with Crippen LogP contribution in [-0.2, 0) is 0 Å². The molecule has 0 atom stereocenters. The molecule has 6 nitrogen and oxygen atoms in total. The number of nitro groups is 1. The molecule has 1 aromatic heterocycles. The Labute approximate surface area is 123 Å². The molecule has 0 radical (unpaired) electrons. The van der Waals surface area contributed by atoms with Crippen molar-refractivity contribution in [1.29, 1.82) is 0 Å². The predicted molar refractivity (Wildman–Crippen MR) is 77.7 cm³/mol. The van der Waals surface area contributed by atoms with E-state index in [-0.39, 0.29) is 11.3 Å². The number of carbonyl (C=O) groups is 1. The molecule has 0 saturated heterocycles. The van der Waals surface area contributed by atoms with Gasteiger partial charge in [0.25, 0.3) is 11.6 Å². The number of carbonyl (C=O) groups excluding carboxylic acids is 1. The van der Waals surface area contributed by atoms with Gasteiger partial charge in [0, 0.05) is 16.7 Å². The van der Waals surface area contributed by atoms with Crippen LogP contribution in [0.3, 0.4) is 0 Å². The molecule has 0 unspecified atom stereocenters. The summed E-state index contributed by atoms with van der Waals surface area (Å²) in [7, 11) is 0. The Morgan fingerprint density at radius 3 is 2.75 bits per heavy atom. The van der Waals surface area contributed by atoms with Gasteiger partial charge in [-0.2, -0.15) is 0 Å². The maximum absolute atomic E-state index is 12.1. The van der Waals surface area contributed by atoms with Gasteiger partial charge in [-0.15, -0.1) is 0 Å². The van der Waals surface area contributed by atoms with Crippen LogP contribution in [0.5, 0.6) is 0 Å². The van der Waals surface area contributed by atoms with Crippen LogP contribution in [0.4, 0.5) is 11.5 Å². The largest absolute Gasteiger partial charge is 0.306 e. The molecule has 1 heterocycles. The molecule has 1 aromatic carbocycles. The number of nitrogens with one attached hydrogen (secondary N) is 1. The van der Waals surface area contributed by atoms with Crippen molar-refractivity contribution in [3.63, 3.8) is 0 Å². The summed E-state index contributed by atoms with van der Waals surface area (Å²) in [5, 5.41) is 13.5. The number of nitrogens with zero attached hydrogens (tertiary/aromatic N) is 2. The first-order valence-corrected chi connectivity index (χ1v) is 6.45. The fourth-order valence-corrected chi connectivity index (χ4v) is 2.12. The van der Waals surface area contributed by atoms with E-state index in [4.69, 9.17) is 0 Å². The Morgan fingerprint density at radius 2 is 2.10 bits per heavy atom. The molecular weight excluding hydrogens is 326 g/mol. The summed E-state index contributed by atoms with van der Waals surface area (Å²) < 4.78 is 0.790. The van der Waals surface area contributed by atoms with Crippen LogP contribution >= 0.6 is 15.9 Å². The lowest BCUT2D eigenvalue weighted by Crippen LogP contribution is -2.15. The lowest BCUT2D eigenvalue weighted by atomic mass is 10.1. The van der Waals surface area contributed by atoms with Gasteiger partial charge < -0.3 is 5.32 Å². The molecule has 1 amide bonds. The van der Waals surface area contributed by atoms with Gasteiger partial charge in [0.1, 0.15) is 11.4 Å². The lowest BCUT2D eigenvalue weighted by Gasteiger charge is -2.07. The number of para-hydroxylation sites is 1. The van der Waals surface area contributed by atoms with E-state index in [0.717, 1.165) is 10.0 Å². The van der Waals surface area contributed by atoms with Crippen LogP contribution < -0.4 is 5.32 Å². The molecule has 2 aromatic rings. The van der Waals surface area contributed by atoms with E-state index in [9.17, 15) is 14.9 Å². The van der Waals surface area contributed by atoms with E-state index >= 15 is 0 Å². The number of hydrogen-bond donors (Lipinski definition) is 1. The maximum atomic E-state index is 12.1. The van der Waals surface area contributed by atoms with Crippen LogP contribution in [-0.4, -0.2) is 15.8 Å². The van der Waals surface area contributed by atoms with Gasteiger partial charge in [0.2, 0.25) is 0 Å². The lowest BCUT2D eigenvalue weighted by molar-refractivity contribution is -0.385. The van der Waals surface area contributed by atoms with Gasteiger partial charge >= 0.3 is 0 Å². The summed E-state index contributed by atoms with van der Waals surface area (Å²) in [6.07, 6.45) is 1.54. The van der Waals surface area contributed by atoms with Gasteiger partial charge in [0.05, 0.1) is 4.92 Å². The zero-order valence-electron chi connectivity index (χ0n) is 10.5. The van der Waals surface area contributed by atoms with Crippen LogP contribution in [0.2, 0.25) is 0 Å². The number of anilines is 1. The van der Waals surface area contributed by atoms with Crippen LogP contribution in [0.1, 0.15) is 15.9 Å². The van der Waals surface area contributed by atoms with Gasteiger partial charge in [-0.1, -0.05) is 12.1 Å². The predicted octanol–water partition coefficient (Wildman–Crippen LogP) is 3.31. The molecule has 102 valence electrons. The second kappa shape index (κ2) is 5.79. The van der Waals surface area contributed by atoms with Crippen LogP contribution in [0, 0.1) is 17.0 Å². The number of hydrogen-bond acceptors (Lipinski definition) is 4. The Morgan fingerprint density at radius 1 is 1.40 bits per heavy atom. The van der Waals surface area contributed by atoms with Crippen molar-refractivity contribution >= 4 is 33.3 Å². The van der Waals surface area contributed by atoms with Crippen molar-refractivity contribution < 1.29 is 9.72 Å². The molecule has 0 fully saturated rings. The van der Waals surface area contributed by atoms with E-state index < -0.39 is 10.8 Å². The fraction of sp³-hybridized carbons (Fsp3) is 0.0769. The monoisotopic (exact) mass is 335 g/mol. The van der Waals surface area contributed by atoms with E-state index in [1.807, 2.05) is 0 Å². The second-order valence-corrected chi connectivity index (χ2v) is 4.96. The average Bonchev–Trinajstić information content (AvgIpc) is 2.41. The average molecular weight is 336 g/mol. The quantitative estimate of drug-likeness (QED) is 0.688. The number of rotatable bonds is 3. The molecule has 20 heavy (non-hydrogen) atoms. The number of nitro benzene ring substituents is 1. The normalized spacial score (nSPS) is 10.1. The van der Waals surface area contributed by atoms with Crippen molar-refractivity contribution in [2.24, 2.45) is 0 Å². The fourth-order valence-electron chi connectivity index (χ4n) is 1.67. The Bertz CT molecular complexity index is 688. The van der Waals surface area contributed by atoms with Crippen molar-refractivity contribution in [1.82, 2.24) is 4.98 Å². The number of benzene rings is 1. The van der Waals surface area contributed by atoms with Gasteiger partial charge in [-0.3, -0.25) is 14.9 Å². The minimum Gasteiger partial charge on any atom is -0.306 e. The number of halogens is 1. The van der Waals surface area contributed by atoms with Gasteiger partial charge in [-0.25, -0.2) is 4.98 Å².